The molecule has 0 amide bonds. The van der Waals surface area contributed by atoms with Crippen LogP contribution in [0.1, 0.15) is 5.56 Å². The smallest absolute Gasteiger partial charge is 0.263 e. The second-order valence-corrected chi connectivity index (χ2v) is 6.59. The van der Waals surface area contributed by atoms with Crippen LogP contribution in [0.3, 0.4) is 0 Å². The zero-order valence-corrected chi connectivity index (χ0v) is 12.8. The minimum Gasteiger partial charge on any atom is -0.398 e. The molecule has 8 heteroatoms. The van der Waals surface area contributed by atoms with Crippen LogP contribution in [-0.2, 0) is 10.0 Å². The van der Waals surface area contributed by atoms with Crippen molar-refractivity contribution in [3.8, 4) is 6.07 Å². The maximum Gasteiger partial charge on any atom is 0.263 e. The second kappa shape index (κ2) is 5.82. The van der Waals surface area contributed by atoms with Crippen molar-refractivity contribution in [1.29, 1.82) is 5.26 Å². The van der Waals surface area contributed by atoms with Crippen LogP contribution in [0, 0.1) is 11.3 Å². The molecule has 0 unspecified atom stereocenters. The first-order chi connectivity index (χ1) is 9.83. The molecule has 2 aromatic rings. The predicted molar refractivity (Wildman–Crippen MR) is 82.8 cm³/mol. The summed E-state index contributed by atoms with van der Waals surface area (Å²) in [6.07, 6.45) is 0. The molecule has 108 valence electrons. The summed E-state index contributed by atoms with van der Waals surface area (Å²) in [5.74, 6) is 0. The van der Waals surface area contributed by atoms with Gasteiger partial charge in [-0.05, 0) is 36.4 Å². The first-order valence-electron chi connectivity index (χ1n) is 5.61. The predicted octanol–water partition coefficient (Wildman–Crippen LogP) is 3.25. The van der Waals surface area contributed by atoms with Crippen molar-refractivity contribution in [2.75, 3.05) is 10.5 Å². The molecule has 5 nitrogen and oxygen atoms in total. The van der Waals surface area contributed by atoms with E-state index >= 15 is 0 Å². The molecule has 0 atom stereocenters. The van der Waals surface area contributed by atoms with Crippen LogP contribution in [0.15, 0.2) is 41.3 Å². The van der Waals surface area contributed by atoms with Gasteiger partial charge in [0.15, 0.2) is 0 Å². The fourth-order valence-electron chi connectivity index (χ4n) is 1.63. The Kier molecular flexibility index (Phi) is 4.28. The molecule has 0 saturated carbocycles. The maximum atomic E-state index is 12.3. The second-order valence-electron chi connectivity index (χ2n) is 4.09. The van der Waals surface area contributed by atoms with Crippen LogP contribution >= 0.6 is 23.2 Å². The van der Waals surface area contributed by atoms with Crippen LogP contribution in [0.4, 0.5) is 11.4 Å². The zero-order chi connectivity index (χ0) is 15.6. The number of benzene rings is 2. The van der Waals surface area contributed by atoms with Gasteiger partial charge < -0.3 is 5.73 Å². The molecule has 2 aromatic carbocycles. The van der Waals surface area contributed by atoms with E-state index in [2.05, 4.69) is 4.72 Å². The van der Waals surface area contributed by atoms with Gasteiger partial charge in [0, 0.05) is 5.02 Å². The molecular weight excluding hydrogens is 333 g/mol. The van der Waals surface area contributed by atoms with Gasteiger partial charge in [-0.25, -0.2) is 8.42 Å². The van der Waals surface area contributed by atoms with Crippen molar-refractivity contribution in [3.05, 3.63) is 52.0 Å². The van der Waals surface area contributed by atoms with E-state index in [1.54, 1.807) is 0 Å². The van der Waals surface area contributed by atoms with Crippen LogP contribution in [0.25, 0.3) is 0 Å². The highest BCUT2D eigenvalue weighted by Crippen LogP contribution is 2.28. The minimum absolute atomic E-state index is 0.0276. The van der Waals surface area contributed by atoms with E-state index < -0.39 is 10.0 Å². The Morgan fingerprint density at radius 1 is 1.14 bits per heavy atom. The summed E-state index contributed by atoms with van der Waals surface area (Å²) in [4.78, 5) is -0.104. The number of hydrogen-bond donors (Lipinski definition) is 2. The lowest BCUT2D eigenvalue weighted by atomic mass is 10.2. The number of anilines is 2. The average molecular weight is 342 g/mol. The Labute approximate surface area is 132 Å². The number of nitrogens with two attached hydrogens (primary N) is 1. The Morgan fingerprint density at radius 2 is 1.86 bits per heavy atom. The van der Waals surface area contributed by atoms with Crippen molar-refractivity contribution in [1.82, 2.24) is 0 Å². The first kappa shape index (κ1) is 15.4. The van der Waals surface area contributed by atoms with Crippen LogP contribution in [0.5, 0.6) is 0 Å². The number of nitrogen functional groups attached to an aromatic ring is 1. The summed E-state index contributed by atoms with van der Waals surface area (Å²) in [5, 5.41) is 9.20. The lowest BCUT2D eigenvalue weighted by molar-refractivity contribution is 0.601. The summed E-state index contributed by atoms with van der Waals surface area (Å²) in [6.45, 7) is 0. The number of nitrogens with zero attached hydrogens (tertiary/aromatic N) is 1. The van der Waals surface area contributed by atoms with Gasteiger partial charge in [0.2, 0.25) is 0 Å². The van der Waals surface area contributed by atoms with Gasteiger partial charge in [0.25, 0.3) is 10.0 Å². The molecule has 0 aliphatic rings. The van der Waals surface area contributed by atoms with Gasteiger partial charge >= 0.3 is 0 Å². The highest BCUT2D eigenvalue weighted by Gasteiger charge is 2.19. The van der Waals surface area contributed by atoms with Gasteiger partial charge in [-0.1, -0.05) is 23.2 Å². The number of rotatable bonds is 3. The van der Waals surface area contributed by atoms with Gasteiger partial charge in [-0.15, -0.1) is 0 Å². The molecule has 0 fully saturated rings. The molecule has 0 aromatic heterocycles. The van der Waals surface area contributed by atoms with Gasteiger partial charge in [-0.2, -0.15) is 5.26 Å². The monoisotopic (exact) mass is 341 g/mol. The minimum atomic E-state index is -3.90. The summed E-state index contributed by atoms with van der Waals surface area (Å²) < 4.78 is 26.9. The molecule has 3 N–H and O–H groups in total. The molecule has 2 rings (SSSR count). The van der Waals surface area contributed by atoms with Crippen molar-refractivity contribution in [2.24, 2.45) is 0 Å². The third-order valence-electron chi connectivity index (χ3n) is 2.60. The normalized spacial score (nSPS) is 10.9. The molecule has 0 heterocycles. The Balaban J connectivity index is 2.40. The van der Waals surface area contributed by atoms with Crippen LogP contribution < -0.4 is 10.5 Å². The molecule has 0 saturated heterocycles. The summed E-state index contributed by atoms with van der Waals surface area (Å²) in [5.41, 5.74) is 6.18. The summed E-state index contributed by atoms with van der Waals surface area (Å²) in [6, 6.07) is 10.2. The van der Waals surface area contributed by atoms with Gasteiger partial charge in [-0.3, -0.25) is 4.72 Å². The van der Waals surface area contributed by atoms with Crippen LogP contribution in [-0.4, -0.2) is 8.42 Å². The molecular formula is C13H9Cl2N3O2S. The molecule has 21 heavy (non-hydrogen) atoms. The third-order valence-corrected chi connectivity index (χ3v) is 4.59. The Morgan fingerprint density at radius 3 is 2.43 bits per heavy atom. The van der Waals surface area contributed by atoms with Gasteiger partial charge in [0.05, 0.1) is 28.0 Å². The number of nitriles is 1. The van der Waals surface area contributed by atoms with E-state index in [-0.39, 0.29) is 21.3 Å². The molecule has 0 radical (unpaired) electrons. The van der Waals surface area contributed by atoms with E-state index in [4.69, 9.17) is 34.2 Å². The highest BCUT2D eigenvalue weighted by molar-refractivity contribution is 7.92. The molecule has 0 aliphatic carbocycles. The van der Waals surface area contributed by atoms with Crippen molar-refractivity contribution < 1.29 is 8.42 Å². The van der Waals surface area contributed by atoms with Crippen molar-refractivity contribution in [2.45, 2.75) is 4.90 Å². The number of hydrogen-bond acceptors (Lipinski definition) is 4. The third kappa shape index (κ3) is 3.39. The zero-order valence-electron chi connectivity index (χ0n) is 10.5. The largest absolute Gasteiger partial charge is 0.398 e. The summed E-state index contributed by atoms with van der Waals surface area (Å²) in [7, 11) is -3.90. The number of sulfonamides is 1. The fourth-order valence-corrected chi connectivity index (χ4v) is 3.29. The molecule has 0 spiro atoms. The molecule has 0 aliphatic heterocycles. The van der Waals surface area contributed by atoms with E-state index in [0.717, 1.165) is 0 Å². The molecule has 0 bridgehead atoms. The maximum absolute atomic E-state index is 12.3. The Bertz CT molecular complexity index is 845. The highest BCUT2D eigenvalue weighted by atomic mass is 35.5. The van der Waals surface area contributed by atoms with E-state index in [0.29, 0.717) is 10.6 Å². The lowest BCUT2D eigenvalue weighted by Crippen LogP contribution is -2.15. The topological polar surface area (TPSA) is 96.0 Å². The van der Waals surface area contributed by atoms with E-state index in [9.17, 15) is 8.42 Å². The van der Waals surface area contributed by atoms with E-state index in [1.165, 1.54) is 36.4 Å². The SMILES string of the molecule is N#Cc1ccc(NS(=O)(=O)c2ccc(Cl)cc2N)c(Cl)c1. The quantitative estimate of drug-likeness (QED) is 0.837. The number of nitrogens with one attached hydrogen (secondary N) is 1. The van der Waals surface area contributed by atoms with Gasteiger partial charge in [0.1, 0.15) is 4.90 Å². The number of halogens is 2. The average Bonchev–Trinajstić information content (AvgIpc) is 2.40. The standard InChI is InChI=1S/C13H9Cl2N3O2S/c14-9-2-4-13(11(17)6-9)21(19,20)18-12-3-1-8(7-16)5-10(12)15/h1-6,18H,17H2. The van der Waals surface area contributed by atoms with Crippen molar-refractivity contribution >= 4 is 44.6 Å². The Hall–Kier alpha value is -1.94. The fraction of sp³-hybridized carbons (Fsp3) is 0. The van der Waals surface area contributed by atoms with Crippen molar-refractivity contribution in [3.63, 3.8) is 0 Å². The van der Waals surface area contributed by atoms with Crippen LogP contribution in [0.2, 0.25) is 10.0 Å². The first-order valence-corrected chi connectivity index (χ1v) is 7.85. The summed E-state index contributed by atoms with van der Waals surface area (Å²) >= 11 is 11.7. The lowest BCUT2D eigenvalue weighted by Gasteiger charge is -2.11. The van der Waals surface area contributed by atoms with E-state index in [1.807, 2.05) is 6.07 Å².